The van der Waals surface area contributed by atoms with Crippen LogP contribution in [0.2, 0.25) is 25.7 Å². The SMILES string of the molecule is COCC(=O)Cn1c(=O)c2c(n(C)c1=O)N=CC2.COCC(=O)Cn1c(=O)c2c(ncn2COCC[Si](C)(C)C)n(C)c1=O. The van der Waals surface area contributed by atoms with E-state index in [9.17, 15) is 28.8 Å². The maximum Gasteiger partial charge on any atom is 0.332 e. The van der Waals surface area contributed by atoms with Gasteiger partial charge in [0.25, 0.3) is 11.1 Å². The minimum Gasteiger partial charge on any atom is -0.377 e. The lowest BCUT2D eigenvalue weighted by atomic mass is 10.2. The maximum atomic E-state index is 12.8. The van der Waals surface area contributed by atoms with Gasteiger partial charge in [-0.15, -0.1) is 0 Å². The van der Waals surface area contributed by atoms with E-state index in [1.807, 2.05) is 0 Å². The minimum atomic E-state index is -1.21. The van der Waals surface area contributed by atoms with Gasteiger partial charge in [0.05, 0.1) is 25.0 Å². The summed E-state index contributed by atoms with van der Waals surface area (Å²) in [5, 5.41) is 0. The second-order valence-corrected chi connectivity index (χ2v) is 17.1. The van der Waals surface area contributed by atoms with Gasteiger partial charge in [0.15, 0.2) is 22.7 Å². The molecule has 44 heavy (non-hydrogen) atoms. The Morgan fingerprint density at radius 3 is 2.02 bits per heavy atom. The predicted octanol–water partition coefficient (Wildman–Crippen LogP) is -0.555. The molecule has 0 N–H and O–H groups in total. The average Bonchev–Trinajstić information content (AvgIpc) is 3.62. The molecular formula is C27H39N7O9Si. The number of hydrogen-bond acceptors (Lipinski definition) is 11. The van der Waals surface area contributed by atoms with Crippen LogP contribution in [0.15, 0.2) is 30.5 Å². The summed E-state index contributed by atoms with van der Waals surface area (Å²) >= 11 is 0. The van der Waals surface area contributed by atoms with Crippen molar-refractivity contribution in [2.24, 2.45) is 19.1 Å². The number of ketones is 2. The van der Waals surface area contributed by atoms with Gasteiger partial charge in [-0.1, -0.05) is 19.6 Å². The number of Topliss-reactive ketones (excluding diaryl/α,β-unsaturated/α-hetero) is 2. The van der Waals surface area contributed by atoms with Gasteiger partial charge in [0.1, 0.15) is 25.8 Å². The molecule has 3 aromatic rings. The lowest BCUT2D eigenvalue weighted by Gasteiger charge is -2.15. The average molecular weight is 634 g/mol. The zero-order valence-corrected chi connectivity index (χ0v) is 27.1. The van der Waals surface area contributed by atoms with Gasteiger partial charge in [0.2, 0.25) is 0 Å². The highest BCUT2D eigenvalue weighted by atomic mass is 28.3. The molecule has 0 saturated heterocycles. The Hall–Kier alpha value is -4.06. The molecule has 4 rings (SSSR count). The van der Waals surface area contributed by atoms with Gasteiger partial charge in [-0.05, 0) is 6.04 Å². The van der Waals surface area contributed by atoms with Crippen LogP contribution < -0.4 is 22.5 Å². The van der Waals surface area contributed by atoms with Crippen molar-refractivity contribution < 1.29 is 23.8 Å². The Balaban J connectivity index is 0.000000257. The highest BCUT2D eigenvalue weighted by Gasteiger charge is 2.21. The zero-order valence-electron chi connectivity index (χ0n) is 26.1. The van der Waals surface area contributed by atoms with Crippen LogP contribution in [0.1, 0.15) is 5.56 Å². The highest BCUT2D eigenvalue weighted by molar-refractivity contribution is 6.76. The molecule has 0 aromatic carbocycles. The Morgan fingerprint density at radius 1 is 0.886 bits per heavy atom. The molecule has 17 heteroatoms. The first-order chi connectivity index (χ1) is 20.7. The van der Waals surface area contributed by atoms with E-state index in [1.54, 1.807) is 10.8 Å². The van der Waals surface area contributed by atoms with E-state index in [0.29, 0.717) is 24.4 Å². The van der Waals surface area contributed by atoms with Gasteiger partial charge in [-0.2, -0.15) is 0 Å². The standard InChI is InChI=1S/C16H26N4O5Si.C11H13N3O4/c1-18-14-13(15(22)20(16(18)23)8-12(21)9-24-2)19(10-17-14)11-25-6-7-26(3,4)5;1-13-9-8(3-4-12-9)10(16)14(11(13)17)5-7(15)6-18-2/h10H,6-9,11H2,1-5H3;4H,3,5-6H2,1-2H3. The Labute approximate surface area is 253 Å². The summed E-state index contributed by atoms with van der Waals surface area (Å²) in [5.41, 5.74) is -1.18. The lowest BCUT2D eigenvalue weighted by molar-refractivity contribution is -0.124. The van der Waals surface area contributed by atoms with E-state index in [-0.39, 0.29) is 55.8 Å². The molecule has 0 saturated carbocycles. The van der Waals surface area contributed by atoms with E-state index >= 15 is 0 Å². The topological polar surface area (TPSA) is 180 Å². The fourth-order valence-electron chi connectivity index (χ4n) is 4.39. The number of aromatic nitrogens is 6. The zero-order chi connectivity index (χ0) is 32.8. The second-order valence-electron chi connectivity index (χ2n) is 11.5. The van der Waals surface area contributed by atoms with Crippen LogP contribution in [0, 0.1) is 0 Å². The molecule has 240 valence electrons. The van der Waals surface area contributed by atoms with Crippen LogP contribution >= 0.6 is 0 Å². The van der Waals surface area contributed by atoms with E-state index in [4.69, 9.17) is 9.47 Å². The van der Waals surface area contributed by atoms with Gasteiger partial charge in [-0.3, -0.25) is 37.4 Å². The summed E-state index contributed by atoms with van der Waals surface area (Å²) in [6.07, 6.45) is 3.44. The molecular weight excluding hydrogens is 594 g/mol. The summed E-state index contributed by atoms with van der Waals surface area (Å²) in [4.78, 5) is 80.6. The number of aryl methyl sites for hydroxylation is 1. The predicted molar refractivity (Wildman–Crippen MR) is 165 cm³/mol. The molecule has 0 bridgehead atoms. The molecule has 0 aliphatic carbocycles. The molecule has 4 heterocycles. The number of ether oxygens (including phenoxy) is 3. The van der Waals surface area contributed by atoms with E-state index in [2.05, 4.69) is 34.4 Å². The molecule has 0 fully saturated rings. The molecule has 3 aromatic heterocycles. The summed E-state index contributed by atoms with van der Waals surface area (Å²) in [6, 6.07) is 1.01. The Kier molecular flexibility index (Phi) is 11.4. The summed E-state index contributed by atoms with van der Waals surface area (Å²) in [7, 11) is 4.61. The summed E-state index contributed by atoms with van der Waals surface area (Å²) in [6.45, 7) is 6.65. The second kappa shape index (κ2) is 14.6. The number of rotatable bonds is 13. The van der Waals surface area contributed by atoms with Crippen LogP contribution in [0.3, 0.4) is 0 Å². The lowest BCUT2D eigenvalue weighted by Crippen LogP contribution is -2.42. The largest absolute Gasteiger partial charge is 0.377 e. The third-order valence-corrected chi connectivity index (χ3v) is 8.43. The van der Waals surface area contributed by atoms with Gasteiger partial charge in [-0.25, -0.2) is 19.6 Å². The number of hydrogen-bond donors (Lipinski definition) is 0. The molecule has 1 aliphatic heterocycles. The van der Waals surface area contributed by atoms with Gasteiger partial charge < -0.3 is 18.8 Å². The highest BCUT2D eigenvalue weighted by Crippen LogP contribution is 2.17. The number of carbonyl (C=O) groups excluding carboxylic acids is 2. The van der Waals surface area contributed by atoms with Gasteiger partial charge in [0, 0.05) is 55.6 Å². The summed E-state index contributed by atoms with van der Waals surface area (Å²) < 4.78 is 21.1. The molecule has 0 atom stereocenters. The van der Waals surface area contributed by atoms with Crippen molar-refractivity contribution in [1.29, 1.82) is 0 Å². The number of methoxy groups -OCH3 is 2. The number of imidazole rings is 1. The first-order valence-electron chi connectivity index (χ1n) is 13.8. The quantitative estimate of drug-likeness (QED) is 0.175. The third kappa shape index (κ3) is 7.90. The van der Waals surface area contributed by atoms with E-state index in [0.717, 1.165) is 15.2 Å². The van der Waals surface area contributed by atoms with E-state index in [1.165, 1.54) is 43.8 Å². The number of fused-ring (bicyclic) bond motifs is 2. The molecule has 0 unspecified atom stereocenters. The van der Waals surface area contributed by atoms with Crippen molar-refractivity contribution in [2.75, 3.05) is 34.0 Å². The normalized spacial score (nSPS) is 12.3. The monoisotopic (exact) mass is 633 g/mol. The van der Waals surface area contributed by atoms with Gasteiger partial charge >= 0.3 is 11.4 Å². The first-order valence-corrected chi connectivity index (χ1v) is 17.5. The first kappa shape index (κ1) is 34.4. The molecule has 1 aliphatic rings. The number of nitrogens with zero attached hydrogens (tertiary/aromatic N) is 7. The van der Waals surface area contributed by atoms with E-state index < -0.39 is 30.6 Å². The third-order valence-electron chi connectivity index (χ3n) is 6.73. The summed E-state index contributed by atoms with van der Waals surface area (Å²) in [5.74, 6) is -0.306. The van der Waals surface area contributed by atoms with Crippen molar-refractivity contribution in [3.8, 4) is 0 Å². The van der Waals surface area contributed by atoms with Crippen molar-refractivity contribution in [3.63, 3.8) is 0 Å². The van der Waals surface area contributed by atoms with Crippen LogP contribution in [-0.4, -0.2) is 87.7 Å². The van der Waals surface area contributed by atoms with Crippen molar-refractivity contribution >= 4 is 42.8 Å². The van der Waals surface area contributed by atoms with Crippen LogP contribution in [-0.2, 0) is 64.1 Å². The molecule has 0 amide bonds. The van der Waals surface area contributed by atoms with Crippen LogP contribution in [0.5, 0.6) is 0 Å². The minimum absolute atomic E-state index is 0.122. The fraction of sp³-hybridized carbons (Fsp3) is 0.556. The number of aliphatic imine (C=N–C) groups is 1. The van der Waals surface area contributed by atoms with Crippen molar-refractivity contribution in [3.05, 3.63) is 53.6 Å². The van der Waals surface area contributed by atoms with Crippen molar-refractivity contribution in [1.82, 2.24) is 27.8 Å². The Morgan fingerprint density at radius 2 is 1.45 bits per heavy atom. The van der Waals surface area contributed by atoms with Crippen LogP contribution in [0.25, 0.3) is 11.2 Å². The Bertz CT molecular complexity index is 1810. The molecule has 0 radical (unpaired) electrons. The molecule has 0 spiro atoms. The van der Waals surface area contributed by atoms with Crippen LogP contribution in [0.4, 0.5) is 5.82 Å². The number of carbonyl (C=O) groups is 2. The maximum absolute atomic E-state index is 12.8. The molecule has 16 nitrogen and oxygen atoms in total. The fourth-order valence-corrected chi connectivity index (χ4v) is 5.15. The smallest absolute Gasteiger partial charge is 0.332 e. The van der Waals surface area contributed by atoms with Crippen molar-refractivity contribution in [2.45, 2.75) is 51.9 Å².